The normalized spacial score (nSPS) is 25.7. The zero-order valence-electron chi connectivity index (χ0n) is 14.8. The molecule has 0 saturated carbocycles. The minimum absolute atomic E-state index is 0.318. The molecule has 2 aliphatic heterocycles. The Morgan fingerprint density at radius 1 is 0.962 bits per heavy atom. The average molecular weight is 359 g/mol. The molecule has 2 aliphatic rings. The van der Waals surface area contributed by atoms with Crippen LogP contribution in [0, 0.1) is 5.92 Å². The van der Waals surface area contributed by atoms with Crippen LogP contribution in [0.15, 0.2) is 45.6 Å². The number of piperazine rings is 1. The Kier molecular flexibility index (Phi) is 5.10. The Morgan fingerprint density at radius 3 is 2.23 bits per heavy atom. The number of carbonyl (C=O) groups is 1. The fourth-order valence-corrected chi connectivity index (χ4v) is 4.07. The van der Waals surface area contributed by atoms with Crippen molar-refractivity contribution in [1.29, 1.82) is 0 Å². The summed E-state index contributed by atoms with van der Waals surface area (Å²) in [5, 5.41) is 9.62. The first-order valence-electron chi connectivity index (χ1n) is 9.13. The van der Waals surface area contributed by atoms with Gasteiger partial charge in [-0.25, -0.2) is 0 Å². The molecule has 1 N–H and O–H groups in total. The summed E-state index contributed by atoms with van der Waals surface area (Å²) in [7, 11) is 0. The van der Waals surface area contributed by atoms with Gasteiger partial charge in [0.05, 0.1) is 31.5 Å². The van der Waals surface area contributed by atoms with Crippen molar-refractivity contribution >= 4 is 5.97 Å². The van der Waals surface area contributed by atoms with Crippen LogP contribution in [0.4, 0.5) is 0 Å². The molecule has 26 heavy (non-hydrogen) atoms. The zero-order chi connectivity index (χ0) is 17.9. The second-order valence-corrected chi connectivity index (χ2v) is 7.27. The lowest BCUT2D eigenvalue weighted by molar-refractivity contribution is -0.142. The summed E-state index contributed by atoms with van der Waals surface area (Å²) in [5.74, 6) is 0.772. The first kappa shape index (κ1) is 17.3. The van der Waals surface area contributed by atoms with Crippen LogP contribution in [0.25, 0.3) is 0 Å². The smallest absolute Gasteiger partial charge is 0.309 e. The fraction of sp³-hybridized carbons (Fsp3) is 0.526. The van der Waals surface area contributed by atoms with E-state index in [0.717, 1.165) is 44.2 Å². The van der Waals surface area contributed by atoms with E-state index in [4.69, 9.17) is 8.83 Å². The van der Waals surface area contributed by atoms with Crippen LogP contribution >= 0.6 is 0 Å². The van der Waals surface area contributed by atoms with E-state index in [1.807, 2.05) is 24.3 Å². The number of aliphatic carboxylic acids is 1. The lowest BCUT2D eigenvalue weighted by Gasteiger charge is -2.41. The summed E-state index contributed by atoms with van der Waals surface area (Å²) < 4.78 is 11.0. The first-order chi connectivity index (χ1) is 12.7. The summed E-state index contributed by atoms with van der Waals surface area (Å²) in [6.45, 7) is 6.22. The Morgan fingerprint density at radius 2 is 1.62 bits per heavy atom. The second-order valence-electron chi connectivity index (χ2n) is 7.27. The molecule has 7 nitrogen and oxygen atoms in total. The van der Waals surface area contributed by atoms with E-state index < -0.39 is 5.97 Å². The van der Waals surface area contributed by atoms with Gasteiger partial charge in [-0.15, -0.1) is 0 Å². The molecule has 0 unspecified atom stereocenters. The predicted octanol–water partition coefficient (Wildman–Crippen LogP) is 1.58. The van der Waals surface area contributed by atoms with Crippen molar-refractivity contribution in [1.82, 2.24) is 14.7 Å². The Labute approximate surface area is 152 Å². The van der Waals surface area contributed by atoms with Crippen molar-refractivity contribution in [3.05, 3.63) is 48.3 Å². The number of hydrogen-bond acceptors (Lipinski definition) is 6. The SMILES string of the molecule is O=C(O)[C@H]1CN(Cc2ccco2)C[C@@H]2CN(Cc3ccco3)CCN2C1. The monoisotopic (exact) mass is 359 g/mol. The highest BCUT2D eigenvalue weighted by Crippen LogP contribution is 2.22. The molecule has 0 radical (unpaired) electrons. The van der Waals surface area contributed by atoms with Gasteiger partial charge in [-0.2, -0.15) is 0 Å². The van der Waals surface area contributed by atoms with E-state index in [2.05, 4.69) is 14.7 Å². The van der Waals surface area contributed by atoms with Gasteiger partial charge in [-0.1, -0.05) is 0 Å². The molecular formula is C19H25N3O4. The van der Waals surface area contributed by atoms with Crippen LogP contribution in [-0.2, 0) is 17.9 Å². The third-order valence-electron chi connectivity index (χ3n) is 5.36. The van der Waals surface area contributed by atoms with E-state index in [9.17, 15) is 9.90 Å². The number of rotatable bonds is 5. The highest BCUT2D eigenvalue weighted by molar-refractivity contribution is 5.70. The highest BCUT2D eigenvalue weighted by atomic mass is 16.4. The number of furan rings is 2. The Bertz CT molecular complexity index is 700. The standard InChI is InChI=1S/C19H25N3O4/c23-19(24)15-9-21(14-18-4-2-8-26-18)12-16-11-20(5-6-22(16)10-15)13-17-3-1-7-25-17/h1-4,7-8,15-16H,5-6,9-14H2,(H,23,24)/t15-,16-/m0/s1. The third-order valence-corrected chi connectivity index (χ3v) is 5.36. The fourth-order valence-electron chi connectivity index (χ4n) is 4.07. The van der Waals surface area contributed by atoms with Gasteiger partial charge < -0.3 is 13.9 Å². The minimum atomic E-state index is -0.715. The Balaban J connectivity index is 1.46. The second kappa shape index (κ2) is 7.65. The zero-order valence-corrected chi connectivity index (χ0v) is 14.8. The van der Waals surface area contributed by atoms with Gasteiger partial charge in [0, 0.05) is 45.3 Å². The van der Waals surface area contributed by atoms with Gasteiger partial charge in [0.25, 0.3) is 0 Å². The molecule has 4 heterocycles. The van der Waals surface area contributed by atoms with Crippen LogP contribution in [0.3, 0.4) is 0 Å². The molecule has 2 atom stereocenters. The van der Waals surface area contributed by atoms with Gasteiger partial charge in [0.15, 0.2) is 0 Å². The molecule has 2 fully saturated rings. The van der Waals surface area contributed by atoms with Crippen LogP contribution in [-0.4, -0.2) is 71.1 Å². The van der Waals surface area contributed by atoms with Crippen molar-refractivity contribution in [2.24, 2.45) is 5.92 Å². The van der Waals surface area contributed by atoms with Crippen LogP contribution < -0.4 is 0 Å². The van der Waals surface area contributed by atoms with Crippen molar-refractivity contribution in [3.8, 4) is 0 Å². The molecule has 0 bridgehead atoms. The van der Waals surface area contributed by atoms with Crippen molar-refractivity contribution in [2.75, 3.05) is 39.3 Å². The summed E-state index contributed by atoms with van der Waals surface area (Å²) in [4.78, 5) is 18.7. The van der Waals surface area contributed by atoms with Gasteiger partial charge in [-0.3, -0.25) is 19.5 Å². The van der Waals surface area contributed by atoms with E-state index in [1.54, 1.807) is 12.5 Å². The number of carboxylic acid groups (broad SMARTS) is 1. The largest absolute Gasteiger partial charge is 0.481 e. The van der Waals surface area contributed by atoms with Crippen LogP contribution in [0.1, 0.15) is 11.5 Å². The molecule has 4 rings (SSSR count). The number of hydrogen-bond donors (Lipinski definition) is 1. The van der Waals surface area contributed by atoms with E-state index in [0.29, 0.717) is 25.7 Å². The summed E-state index contributed by atoms with van der Waals surface area (Å²) in [6.07, 6.45) is 3.37. The maximum Gasteiger partial charge on any atom is 0.309 e. The number of carboxylic acids is 1. The maximum atomic E-state index is 11.7. The first-order valence-corrected chi connectivity index (χ1v) is 9.13. The molecule has 0 aromatic carbocycles. The van der Waals surface area contributed by atoms with Crippen molar-refractivity contribution < 1.29 is 18.7 Å². The molecule has 0 aliphatic carbocycles. The van der Waals surface area contributed by atoms with Crippen LogP contribution in [0.2, 0.25) is 0 Å². The highest BCUT2D eigenvalue weighted by Gasteiger charge is 2.36. The van der Waals surface area contributed by atoms with Crippen molar-refractivity contribution in [3.63, 3.8) is 0 Å². The van der Waals surface area contributed by atoms with Gasteiger partial charge >= 0.3 is 5.97 Å². The maximum absolute atomic E-state index is 11.7. The van der Waals surface area contributed by atoms with E-state index in [-0.39, 0.29) is 5.92 Å². The van der Waals surface area contributed by atoms with Gasteiger partial charge in [-0.05, 0) is 24.3 Å². The summed E-state index contributed by atoms with van der Waals surface area (Å²) in [6, 6.07) is 8.06. The lowest BCUT2D eigenvalue weighted by atomic mass is 10.1. The predicted molar refractivity (Wildman–Crippen MR) is 94.5 cm³/mol. The summed E-state index contributed by atoms with van der Waals surface area (Å²) in [5.41, 5.74) is 0. The average Bonchev–Trinajstić information content (AvgIpc) is 3.26. The molecule has 0 spiro atoms. The molecule has 140 valence electrons. The molecule has 0 amide bonds. The van der Waals surface area contributed by atoms with Crippen molar-refractivity contribution in [2.45, 2.75) is 19.1 Å². The molecule has 2 saturated heterocycles. The van der Waals surface area contributed by atoms with E-state index >= 15 is 0 Å². The summed E-state index contributed by atoms with van der Waals surface area (Å²) >= 11 is 0. The number of fused-ring (bicyclic) bond motifs is 1. The van der Waals surface area contributed by atoms with Crippen LogP contribution in [0.5, 0.6) is 0 Å². The Hall–Kier alpha value is -2.09. The topological polar surface area (TPSA) is 73.3 Å². The minimum Gasteiger partial charge on any atom is -0.481 e. The van der Waals surface area contributed by atoms with Gasteiger partial charge in [0.1, 0.15) is 11.5 Å². The lowest BCUT2D eigenvalue weighted by Crippen LogP contribution is -2.55. The molecule has 7 heteroatoms. The number of nitrogens with zero attached hydrogens (tertiary/aromatic N) is 3. The molecule has 2 aromatic rings. The van der Waals surface area contributed by atoms with E-state index in [1.165, 1.54) is 0 Å². The molecular weight excluding hydrogens is 334 g/mol. The van der Waals surface area contributed by atoms with Gasteiger partial charge in [0.2, 0.25) is 0 Å². The third kappa shape index (κ3) is 4.00. The quantitative estimate of drug-likeness (QED) is 0.869. The molecule has 2 aromatic heterocycles.